The Morgan fingerprint density at radius 2 is 1.62 bits per heavy atom. The molecule has 3 nitrogen and oxygen atoms in total. The molecule has 0 heterocycles. The molecule has 0 radical (unpaired) electrons. The van der Waals surface area contributed by atoms with Gasteiger partial charge in [0.2, 0.25) is 0 Å². The Labute approximate surface area is 141 Å². The fraction of sp³-hybridized carbons (Fsp3) is 0.190. The van der Waals surface area contributed by atoms with E-state index in [1.165, 1.54) is 0 Å². The van der Waals surface area contributed by atoms with Crippen molar-refractivity contribution in [2.45, 2.75) is 26.2 Å². The molecule has 0 atom stereocenters. The van der Waals surface area contributed by atoms with Gasteiger partial charge in [0, 0.05) is 5.39 Å². The van der Waals surface area contributed by atoms with E-state index in [0.717, 1.165) is 10.9 Å². The highest BCUT2D eigenvalue weighted by Gasteiger charge is 2.19. The minimum absolute atomic E-state index is 0.0405. The third kappa shape index (κ3) is 3.11. The first-order valence-corrected chi connectivity index (χ1v) is 7.90. The van der Waals surface area contributed by atoms with E-state index in [4.69, 9.17) is 4.74 Å². The molecule has 1 N–H and O–H groups in total. The number of para-hydroxylation sites is 1. The van der Waals surface area contributed by atoms with Crippen LogP contribution in [0.4, 0.5) is 0 Å². The van der Waals surface area contributed by atoms with Crippen LogP contribution < -0.4 is 4.74 Å². The van der Waals surface area contributed by atoms with Gasteiger partial charge in [-0.3, -0.25) is 0 Å². The fourth-order valence-electron chi connectivity index (χ4n) is 2.59. The zero-order valence-electron chi connectivity index (χ0n) is 14.0. The van der Waals surface area contributed by atoms with Crippen molar-refractivity contribution in [3.8, 4) is 11.5 Å². The molecule has 0 saturated carbocycles. The SMILES string of the molecule is CC(C)(C)c1ccc2ccc(C(=O)Oc3ccccc3)c(O)c2c1. The number of aromatic hydroxyl groups is 1. The zero-order valence-corrected chi connectivity index (χ0v) is 14.0. The first-order chi connectivity index (χ1) is 11.4. The first kappa shape index (κ1) is 16.1. The summed E-state index contributed by atoms with van der Waals surface area (Å²) in [5, 5.41) is 12.1. The van der Waals surface area contributed by atoms with Gasteiger partial charge in [-0.05, 0) is 40.6 Å². The number of fused-ring (bicyclic) bond motifs is 1. The lowest BCUT2D eigenvalue weighted by atomic mass is 9.85. The second kappa shape index (κ2) is 6.00. The number of benzene rings is 3. The molecule has 0 bridgehead atoms. The van der Waals surface area contributed by atoms with Crippen molar-refractivity contribution in [1.82, 2.24) is 0 Å². The third-order valence-electron chi connectivity index (χ3n) is 4.03. The van der Waals surface area contributed by atoms with E-state index in [1.807, 2.05) is 30.3 Å². The van der Waals surface area contributed by atoms with Crippen LogP contribution in [-0.2, 0) is 5.41 Å². The summed E-state index contributed by atoms with van der Waals surface area (Å²) < 4.78 is 5.33. The predicted molar refractivity (Wildman–Crippen MR) is 95.7 cm³/mol. The summed E-state index contributed by atoms with van der Waals surface area (Å²) >= 11 is 0. The summed E-state index contributed by atoms with van der Waals surface area (Å²) in [6.07, 6.45) is 0. The van der Waals surface area contributed by atoms with Crippen molar-refractivity contribution in [2.75, 3.05) is 0 Å². The average molecular weight is 320 g/mol. The number of phenolic OH excluding ortho intramolecular Hbond substituents is 1. The maximum absolute atomic E-state index is 12.4. The van der Waals surface area contributed by atoms with E-state index in [9.17, 15) is 9.90 Å². The minimum Gasteiger partial charge on any atom is -0.506 e. The van der Waals surface area contributed by atoms with Gasteiger partial charge in [0.25, 0.3) is 0 Å². The maximum atomic E-state index is 12.4. The molecule has 0 aliphatic heterocycles. The molecule has 0 aliphatic rings. The molecule has 3 rings (SSSR count). The van der Waals surface area contributed by atoms with E-state index in [2.05, 4.69) is 20.8 Å². The lowest BCUT2D eigenvalue weighted by molar-refractivity contribution is 0.0732. The summed E-state index contributed by atoms with van der Waals surface area (Å²) in [5.74, 6) is -0.160. The van der Waals surface area contributed by atoms with Gasteiger partial charge < -0.3 is 9.84 Å². The quantitative estimate of drug-likeness (QED) is 0.530. The summed E-state index contributed by atoms with van der Waals surface area (Å²) in [4.78, 5) is 12.4. The van der Waals surface area contributed by atoms with Gasteiger partial charge in [0.15, 0.2) is 0 Å². The topological polar surface area (TPSA) is 46.5 Å². The van der Waals surface area contributed by atoms with Crippen molar-refractivity contribution in [1.29, 1.82) is 0 Å². The van der Waals surface area contributed by atoms with Gasteiger partial charge in [-0.15, -0.1) is 0 Å². The Balaban J connectivity index is 2.02. The number of hydrogen-bond acceptors (Lipinski definition) is 3. The molecule has 3 heteroatoms. The molecule has 0 saturated heterocycles. The largest absolute Gasteiger partial charge is 0.506 e. The lowest BCUT2D eigenvalue weighted by Crippen LogP contribution is -2.11. The Bertz CT molecular complexity index is 890. The summed E-state index contributed by atoms with van der Waals surface area (Å²) in [7, 11) is 0. The van der Waals surface area contributed by atoms with Crippen molar-refractivity contribution >= 4 is 16.7 Å². The monoisotopic (exact) mass is 320 g/mol. The lowest BCUT2D eigenvalue weighted by Gasteiger charge is -2.20. The van der Waals surface area contributed by atoms with Crippen LogP contribution in [0.2, 0.25) is 0 Å². The number of phenols is 1. The zero-order chi connectivity index (χ0) is 17.3. The van der Waals surface area contributed by atoms with Crippen LogP contribution in [0.25, 0.3) is 10.8 Å². The van der Waals surface area contributed by atoms with Crippen LogP contribution in [0, 0.1) is 0 Å². The van der Waals surface area contributed by atoms with Crippen LogP contribution in [0.1, 0.15) is 36.7 Å². The van der Waals surface area contributed by atoms with Crippen LogP contribution >= 0.6 is 0 Å². The minimum atomic E-state index is -0.568. The molecule has 0 aromatic heterocycles. The van der Waals surface area contributed by atoms with Gasteiger partial charge >= 0.3 is 5.97 Å². The number of carbonyl (C=O) groups excluding carboxylic acids is 1. The molecule has 0 aliphatic carbocycles. The van der Waals surface area contributed by atoms with Crippen LogP contribution in [0.5, 0.6) is 11.5 Å². The van der Waals surface area contributed by atoms with Crippen molar-refractivity contribution in [2.24, 2.45) is 0 Å². The predicted octanol–water partition coefficient (Wildman–Crippen LogP) is 5.06. The van der Waals surface area contributed by atoms with Gasteiger partial charge in [-0.2, -0.15) is 0 Å². The smallest absolute Gasteiger partial charge is 0.347 e. The van der Waals surface area contributed by atoms with Gasteiger partial charge in [-0.25, -0.2) is 4.79 Å². The Morgan fingerprint density at radius 1 is 0.958 bits per heavy atom. The van der Waals surface area contributed by atoms with Crippen molar-refractivity contribution in [3.05, 3.63) is 71.8 Å². The normalized spacial score (nSPS) is 11.5. The average Bonchev–Trinajstić information content (AvgIpc) is 2.55. The fourth-order valence-corrected chi connectivity index (χ4v) is 2.59. The Kier molecular flexibility index (Phi) is 4.02. The third-order valence-corrected chi connectivity index (χ3v) is 4.03. The van der Waals surface area contributed by atoms with Gasteiger partial charge in [0.1, 0.15) is 17.1 Å². The van der Waals surface area contributed by atoms with E-state index in [1.54, 1.807) is 30.3 Å². The molecule has 0 amide bonds. The number of hydrogen-bond donors (Lipinski definition) is 1. The Hall–Kier alpha value is -2.81. The first-order valence-electron chi connectivity index (χ1n) is 7.90. The summed E-state index contributed by atoms with van der Waals surface area (Å²) in [6.45, 7) is 6.33. The molecular weight excluding hydrogens is 300 g/mol. The van der Waals surface area contributed by atoms with E-state index < -0.39 is 5.97 Å². The van der Waals surface area contributed by atoms with Crippen LogP contribution in [0.3, 0.4) is 0 Å². The summed E-state index contributed by atoms with van der Waals surface area (Å²) in [5.41, 5.74) is 1.22. The highest BCUT2D eigenvalue weighted by atomic mass is 16.5. The van der Waals surface area contributed by atoms with Crippen molar-refractivity contribution in [3.63, 3.8) is 0 Å². The standard InChI is InChI=1S/C21H20O3/c1-21(2,3)15-11-9-14-10-12-17(19(22)18(14)13-15)20(23)24-16-7-5-4-6-8-16/h4-13,22H,1-3H3. The second-order valence-electron chi connectivity index (χ2n) is 6.85. The van der Waals surface area contributed by atoms with Crippen LogP contribution in [-0.4, -0.2) is 11.1 Å². The number of ether oxygens (including phenoxy) is 1. The second-order valence-corrected chi connectivity index (χ2v) is 6.85. The number of esters is 1. The molecule has 0 fully saturated rings. The molecule has 0 spiro atoms. The highest BCUT2D eigenvalue weighted by Crippen LogP contribution is 2.33. The van der Waals surface area contributed by atoms with E-state index >= 15 is 0 Å². The maximum Gasteiger partial charge on any atom is 0.347 e. The molecule has 122 valence electrons. The molecule has 3 aromatic carbocycles. The number of rotatable bonds is 2. The highest BCUT2D eigenvalue weighted by molar-refractivity contribution is 6.02. The van der Waals surface area contributed by atoms with Crippen LogP contribution in [0.15, 0.2) is 60.7 Å². The summed E-state index contributed by atoms with van der Waals surface area (Å²) in [6, 6.07) is 18.2. The van der Waals surface area contributed by atoms with Gasteiger partial charge in [-0.1, -0.05) is 57.2 Å². The number of carbonyl (C=O) groups is 1. The van der Waals surface area contributed by atoms with Crippen molar-refractivity contribution < 1.29 is 14.6 Å². The van der Waals surface area contributed by atoms with Gasteiger partial charge in [0.05, 0.1) is 0 Å². The van der Waals surface area contributed by atoms with E-state index in [0.29, 0.717) is 11.1 Å². The molecule has 0 unspecified atom stereocenters. The molecular formula is C21H20O3. The van der Waals surface area contributed by atoms with E-state index in [-0.39, 0.29) is 16.7 Å². The molecule has 3 aromatic rings. The molecule has 24 heavy (non-hydrogen) atoms. The Morgan fingerprint density at radius 3 is 2.29 bits per heavy atom.